The quantitative estimate of drug-likeness (QED) is 0.681. The van der Waals surface area contributed by atoms with Crippen LogP contribution in [0.15, 0.2) is 4.42 Å². The molecule has 1 heterocycles. The Hall–Kier alpha value is -0.270. The van der Waals surface area contributed by atoms with Gasteiger partial charge in [-0.2, -0.15) is 18.2 Å². The van der Waals surface area contributed by atoms with Crippen molar-refractivity contribution >= 4 is 22.6 Å². The van der Waals surface area contributed by atoms with E-state index in [1.807, 2.05) is 0 Å². The topological polar surface area (TPSA) is 26.0 Å². The Morgan fingerprint density at radius 2 is 2.00 bits per heavy atom. The maximum Gasteiger partial charge on any atom is 0.436 e. The molecule has 0 aliphatic carbocycles. The van der Waals surface area contributed by atoms with Crippen LogP contribution in [-0.4, -0.2) is 4.98 Å². The summed E-state index contributed by atoms with van der Waals surface area (Å²) in [6.45, 7) is 1.23. The zero-order valence-electron chi connectivity index (χ0n) is 5.37. The molecule has 1 aromatic heterocycles. The number of aromatic nitrogens is 1. The summed E-state index contributed by atoms with van der Waals surface area (Å²) in [6, 6.07) is 0. The van der Waals surface area contributed by atoms with Crippen molar-refractivity contribution in [2.24, 2.45) is 0 Å². The molecule has 6 heteroatoms. The van der Waals surface area contributed by atoms with Crippen molar-refractivity contribution in [2.75, 3.05) is 0 Å². The monoisotopic (exact) mass is 277 g/mol. The van der Waals surface area contributed by atoms with Gasteiger partial charge < -0.3 is 4.42 Å². The maximum absolute atomic E-state index is 11.9. The zero-order chi connectivity index (χ0) is 8.65. The van der Waals surface area contributed by atoms with E-state index in [9.17, 15) is 13.2 Å². The van der Waals surface area contributed by atoms with Crippen LogP contribution in [0.1, 0.15) is 11.5 Å². The van der Waals surface area contributed by atoms with Gasteiger partial charge in [-0.3, -0.25) is 0 Å². The number of rotatable bonds is 0. The number of hydrogen-bond acceptors (Lipinski definition) is 2. The average molecular weight is 277 g/mol. The molecule has 1 aromatic rings. The molecule has 0 aliphatic heterocycles. The molecule has 0 N–H and O–H groups in total. The van der Waals surface area contributed by atoms with Crippen molar-refractivity contribution < 1.29 is 17.6 Å². The Labute approximate surface area is 73.9 Å². The fourth-order valence-corrected chi connectivity index (χ4v) is 1.20. The Morgan fingerprint density at radius 3 is 2.18 bits per heavy atom. The Morgan fingerprint density at radius 1 is 1.45 bits per heavy atom. The van der Waals surface area contributed by atoms with Gasteiger partial charge in [0.05, 0.1) is 0 Å². The molecule has 1 rings (SSSR count). The van der Waals surface area contributed by atoms with Gasteiger partial charge >= 0.3 is 6.18 Å². The highest BCUT2D eigenvalue weighted by Gasteiger charge is 2.37. The molecule has 0 saturated carbocycles. The second-order valence-electron chi connectivity index (χ2n) is 1.87. The highest BCUT2D eigenvalue weighted by molar-refractivity contribution is 14.1. The third kappa shape index (κ3) is 1.85. The van der Waals surface area contributed by atoms with E-state index in [4.69, 9.17) is 0 Å². The molecule has 0 atom stereocenters. The number of hydrogen-bond donors (Lipinski definition) is 0. The number of halogens is 4. The van der Waals surface area contributed by atoms with Crippen molar-refractivity contribution in [3.05, 3.63) is 15.4 Å². The van der Waals surface area contributed by atoms with Gasteiger partial charge in [0.2, 0.25) is 0 Å². The fraction of sp³-hybridized carbons (Fsp3) is 0.400. The molecule has 0 amide bonds. The largest absolute Gasteiger partial charge is 0.437 e. The van der Waals surface area contributed by atoms with E-state index in [2.05, 4.69) is 9.40 Å². The van der Waals surface area contributed by atoms with E-state index >= 15 is 0 Å². The molecular formula is C5H3F3INO. The fourth-order valence-electron chi connectivity index (χ4n) is 0.627. The molecule has 11 heavy (non-hydrogen) atoms. The molecular weight excluding hydrogens is 274 g/mol. The number of alkyl halides is 3. The first-order chi connectivity index (χ1) is 4.91. The van der Waals surface area contributed by atoms with Crippen LogP contribution < -0.4 is 0 Å². The average Bonchev–Trinajstić information content (AvgIpc) is 2.08. The van der Waals surface area contributed by atoms with E-state index in [1.165, 1.54) is 6.92 Å². The molecule has 2 nitrogen and oxygen atoms in total. The van der Waals surface area contributed by atoms with E-state index in [0.717, 1.165) is 0 Å². The second kappa shape index (κ2) is 2.65. The summed E-state index contributed by atoms with van der Waals surface area (Å²) in [6.07, 6.45) is -4.41. The maximum atomic E-state index is 11.9. The minimum Gasteiger partial charge on any atom is -0.437 e. The first-order valence-corrected chi connectivity index (χ1v) is 3.69. The Balaban J connectivity index is 3.13. The van der Waals surface area contributed by atoms with E-state index in [-0.39, 0.29) is 9.66 Å². The highest BCUT2D eigenvalue weighted by Crippen LogP contribution is 2.31. The van der Waals surface area contributed by atoms with Crippen LogP contribution in [0, 0.1) is 10.8 Å². The molecule has 0 radical (unpaired) electrons. The van der Waals surface area contributed by atoms with Crippen LogP contribution >= 0.6 is 22.6 Å². The Kier molecular flexibility index (Phi) is 2.13. The molecule has 62 valence electrons. The first-order valence-electron chi connectivity index (χ1n) is 2.61. The van der Waals surface area contributed by atoms with Crippen LogP contribution in [-0.2, 0) is 6.18 Å². The van der Waals surface area contributed by atoms with E-state index < -0.39 is 11.9 Å². The van der Waals surface area contributed by atoms with Crippen molar-refractivity contribution in [3.8, 4) is 0 Å². The van der Waals surface area contributed by atoms with Crippen molar-refractivity contribution in [3.63, 3.8) is 0 Å². The van der Waals surface area contributed by atoms with Gasteiger partial charge in [-0.15, -0.1) is 0 Å². The zero-order valence-corrected chi connectivity index (χ0v) is 7.52. The number of aryl methyl sites for hydroxylation is 1. The number of oxazole rings is 1. The first kappa shape index (κ1) is 8.82. The highest BCUT2D eigenvalue weighted by atomic mass is 127. The molecule has 0 spiro atoms. The van der Waals surface area contributed by atoms with Gasteiger partial charge in [0, 0.05) is 22.6 Å². The third-order valence-corrected chi connectivity index (χ3v) is 1.50. The minimum absolute atomic E-state index is 0.00688. The molecule has 0 bridgehead atoms. The lowest BCUT2D eigenvalue weighted by molar-refractivity contribution is -0.141. The van der Waals surface area contributed by atoms with Gasteiger partial charge in [-0.05, 0) is 6.92 Å². The van der Waals surface area contributed by atoms with Crippen molar-refractivity contribution in [1.29, 1.82) is 0 Å². The summed E-state index contributed by atoms with van der Waals surface area (Å²) < 4.78 is 40.4. The summed E-state index contributed by atoms with van der Waals surface area (Å²) >= 11 is 1.59. The summed E-state index contributed by atoms with van der Waals surface area (Å²) in [5, 5.41) is 0. The van der Waals surface area contributed by atoms with Crippen molar-refractivity contribution in [1.82, 2.24) is 4.98 Å². The lowest BCUT2D eigenvalue weighted by Crippen LogP contribution is -2.07. The smallest absolute Gasteiger partial charge is 0.436 e. The predicted octanol–water partition coefficient (Wildman–Crippen LogP) is 2.61. The Bertz CT molecular complexity index is 267. The summed E-state index contributed by atoms with van der Waals surface area (Å²) in [5.41, 5.74) is -0.943. The van der Waals surface area contributed by atoms with E-state index in [0.29, 0.717) is 0 Å². The SMILES string of the molecule is Cc1oc(I)nc1C(F)(F)F. The summed E-state index contributed by atoms with van der Waals surface area (Å²) in [7, 11) is 0. The van der Waals surface area contributed by atoms with Gasteiger partial charge in [-0.1, -0.05) is 0 Å². The lowest BCUT2D eigenvalue weighted by atomic mass is 10.4. The molecule has 0 fully saturated rings. The molecule has 0 saturated heterocycles. The van der Waals surface area contributed by atoms with Crippen LogP contribution in [0.5, 0.6) is 0 Å². The summed E-state index contributed by atoms with van der Waals surface area (Å²) in [5.74, 6) is -0.193. The van der Waals surface area contributed by atoms with Crippen LogP contribution in [0.3, 0.4) is 0 Å². The molecule has 0 aromatic carbocycles. The predicted molar refractivity (Wildman–Crippen MR) is 39.0 cm³/mol. The van der Waals surface area contributed by atoms with Crippen LogP contribution in [0.25, 0.3) is 0 Å². The number of nitrogens with zero attached hydrogens (tertiary/aromatic N) is 1. The van der Waals surface area contributed by atoms with Crippen molar-refractivity contribution in [2.45, 2.75) is 13.1 Å². The lowest BCUT2D eigenvalue weighted by Gasteiger charge is -2.00. The van der Waals surface area contributed by atoms with Gasteiger partial charge in [0.25, 0.3) is 3.90 Å². The van der Waals surface area contributed by atoms with Gasteiger partial charge in [0.15, 0.2) is 5.69 Å². The van der Waals surface area contributed by atoms with E-state index in [1.54, 1.807) is 22.6 Å². The van der Waals surface area contributed by atoms with Crippen LogP contribution in [0.4, 0.5) is 13.2 Å². The van der Waals surface area contributed by atoms with Gasteiger partial charge in [-0.25, -0.2) is 0 Å². The minimum atomic E-state index is -4.41. The summed E-state index contributed by atoms with van der Waals surface area (Å²) in [4.78, 5) is 3.18. The normalized spacial score (nSPS) is 12.1. The standard InChI is InChI=1S/C5H3F3INO/c1-2-3(5(6,7)8)10-4(9)11-2/h1H3. The molecule has 0 aliphatic rings. The van der Waals surface area contributed by atoms with Gasteiger partial charge in [0.1, 0.15) is 5.76 Å². The molecule has 0 unspecified atom stereocenters. The second-order valence-corrected chi connectivity index (χ2v) is 2.79. The third-order valence-electron chi connectivity index (χ3n) is 1.04. The van der Waals surface area contributed by atoms with Crippen LogP contribution in [0.2, 0.25) is 0 Å².